The molecule has 8 aliphatic rings. The second-order valence-corrected chi connectivity index (χ2v) is 31.3. The zero-order valence-electron chi connectivity index (χ0n) is 58.9. The van der Waals surface area contributed by atoms with Crippen molar-refractivity contribution < 1.29 is 270 Å². The molecule has 8 aliphatic heterocycles. The Morgan fingerprint density at radius 3 is 1.39 bits per heavy atom. The maximum absolute atomic E-state index is 14.1. The van der Waals surface area contributed by atoms with Crippen LogP contribution in [0, 0.1) is 0 Å². The molecule has 0 bridgehead atoms. The zero-order chi connectivity index (χ0) is 86.1. The van der Waals surface area contributed by atoms with Crippen molar-refractivity contribution in [2.45, 2.75) is 276 Å². The first-order chi connectivity index (χ1) is 53.4. The van der Waals surface area contributed by atoms with Gasteiger partial charge in [0, 0.05) is 12.8 Å². The highest BCUT2D eigenvalue weighted by atomic mass is 31.2. The Labute approximate surface area is 644 Å². The van der Waals surface area contributed by atoms with Crippen molar-refractivity contribution in [1.82, 2.24) is 0 Å². The van der Waals surface area contributed by atoms with Crippen LogP contribution in [-0.4, -0.2) is 490 Å². The van der Waals surface area contributed by atoms with E-state index in [1.807, 2.05) is 0 Å². The van der Waals surface area contributed by atoms with Gasteiger partial charge in [0.1, 0.15) is 189 Å². The SMILES string of the molecule is N[C@H]1[C@@H](OP(=O)(O)O)O[C@H](CO[C@@H]2O[C@H](CO[C@]3(C(=O)O)C[C@@H](O[C@]4(C(=O)O)C[C@@H](O)[C@@H](O)[C@@H]([C@H](O)CO)O4)[C@@H](O[C@H]4O[C@H]([C@@H](O)CO)[C@@H](OP(=O)(O)O)[C@H](O[C@H]5O[C@H]([C@@H](O)CO[C@H]6O[C@H]([C@@H](O)CO)[C@@H](O)[C@H](O)[C@@H]6O)[C@@H](O)[C@H](O[C@H]6O[C@H](CO)[C@@H](O)[C@H](O)[C@H]6O)[C@@H]5O)[C@@H]4O)[C@@H]([C@H](O)CO)O3)[C@@H](OP(=O)(O)O)[C@H](O)[C@H]2N)[C@@H](O)[C@@H]1O. The number of carboxylic acid groups (broad SMARTS) is 2. The average Bonchev–Trinajstić information content (AvgIpc) is 0.738. The minimum absolute atomic E-state index is 1.13. The lowest BCUT2D eigenvalue weighted by Crippen LogP contribution is -2.71. The molecule has 0 radical (unpaired) electrons. The summed E-state index contributed by atoms with van der Waals surface area (Å²) < 4.78 is 136. The molecule has 0 spiro atoms. The summed E-state index contributed by atoms with van der Waals surface area (Å²) in [5.41, 5.74) is 11.9. The van der Waals surface area contributed by atoms with Gasteiger partial charge in [0.15, 0.2) is 37.7 Å². The van der Waals surface area contributed by atoms with Crippen LogP contribution in [0.4, 0.5) is 0 Å². The van der Waals surface area contributed by atoms with Crippen LogP contribution in [-0.2, 0) is 108 Å². The van der Waals surface area contributed by atoms with Crippen molar-refractivity contribution in [2.24, 2.45) is 11.5 Å². The van der Waals surface area contributed by atoms with Gasteiger partial charge < -0.3 is 245 Å². The van der Waals surface area contributed by atoms with Crippen molar-refractivity contribution in [3.8, 4) is 0 Å². The number of aliphatic hydroxyl groups is 24. The van der Waals surface area contributed by atoms with E-state index in [2.05, 4.69) is 4.52 Å². The van der Waals surface area contributed by atoms with Crippen LogP contribution >= 0.6 is 23.5 Å². The molecule has 0 aromatic heterocycles. The van der Waals surface area contributed by atoms with Gasteiger partial charge in [-0.15, -0.1) is 0 Å². The van der Waals surface area contributed by atoms with E-state index in [0.717, 1.165) is 0 Å². The van der Waals surface area contributed by atoms with Crippen LogP contribution in [0.2, 0.25) is 0 Å². The Morgan fingerprint density at radius 1 is 0.383 bits per heavy atom. The predicted molar refractivity (Wildman–Crippen MR) is 341 cm³/mol. The molecule has 8 heterocycles. The number of nitrogens with two attached hydrogens (primary N) is 2. The van der Waals surface area contributed by atoms with Crippen molar-refractivity contribution in [1.29, 1.82) is 0 Å². The third-order valence-corrected chi connectivity index (χ3v) is 21.2. The molecule has 36 N–H and O–H groups in total. The monoisotopic (exact) mass is 1760 g/mol. The lowest BCUT2D eigenvalue weighted by Gasteiger charge is -2.53. The summed E-state index contributed by atoms with van der Waals surface area (Å²) in [6.45, 7) is -11.2. The third-order valence-electron chi connectivity index (χ3n) is 19.7. The van der Waals surface area contributed by atoms with Crippen LogP contribution in [0.1, 0.15) is 12.8 Å². The smallest absolute Gasteiger partial charge is 0.471 e. The normalized spacial score (nSPS) is 46.0. The quantitative estimate of drug-likeness (QED) is 0.0262. The topological polar surface area (TPSA) is 951 Å². The number of carbonyl (C=O) groups is 2. The minimum atomic E-state index is -6.23. The number of phosphoric acid groups is 3. The first-order valence-electron chi connectivity index (χ1n) is 34.4. The average molecular weight is 1760 g/mol. The molecule has 115 heavy (non-hydrogen) atoms. The van der Waals surface area contributed by atoms with Gasteiger partial charge in [0.05, 0.1) is 77.1 Å². The first-order valence-corrected chi connectivity index (χ1v) is 39.0. The second-order valence-electron chi connectivity index (χ2n) is 27.7. The third kappa shape index (κ3) is 22.6. The van der Waals surface area contributed by atoms with E-state index in [-0.39, 0.29) is 0 Å². The minimum Gasteiger partial charge on any atom is -0.477 e. The van der Waals surface area contributed by atoms with Crippen molar-refractivity contribution in [3.63, 3.8) is 0 Å². The van der Waals surface area contributed by atoms with Crippen molar-refractivity contribution in [3.05, 3.63) is 0 Å². The van der Waals surface area contributed by atoms with Gasteiger partial charge >= 0.3 is 35.4 Å². The van der Waals surface area contributed by atoms with Gasteiger partial charge in [-0.05, 0) is 0 Å². The lowest BCUT2D eigenvalue weighted by atomic mass is 9.89. The van der Waals surface area contributed by atoms with E-state index in [1.54, 1.807) is 0 Å². The number of ether oxygens (including phenoxy) is 15. The van der Waals surface area contributed by atoms with Crippen LogP contribution in [0.5, 0.6) is 0 Å². The number of carboxylic acids is 2. The Kier molecular flexibility index (Phi) is 34.2. The number of aliphatic carboxylic acids is 2. The molecular weight excluding hydrogens is 1660 g/mol. The van der Waals surface area contributed by atoms with Crippen molar-refractivity contribution >= 4 is 35.4 Å². The molecule has 0 saturated carbocycles. The van der Waals surface area contributed by atoms with E-state index >= 15 is 0 Å². The van der Waals surface area contributed by atoms with Gasteiger partial charge in [-0.3, -0.25) is 13.6 Å². The Balaban J connectivity index is 1.21. The molecule has 0 aromatic carbocycles. The number of hydrogen-bond acceptors (Lipinski definition) is 49. The summed E-state index contributed by atoms with van der Waals surface area (Å²) in [4.78, 5) is 87.6. The predicted octanol–water partition coefficient (Wildman–Crippen LogP) is -20.4. The molecule has 60 heteroatoms. The van der Waals surface area contributed by atoms with E-state index in [4.69, 9.17) is 91.6 Å². The molecule has 43 atom stereocenters. The molecule has 8 rings (SSSR count). The molecule has 0 unspecified atom stereocenters. The van der Waals surface area contributed by atoms with Gasteiger partial charge in [0.2, 0.25) is 0 Å². The highest BCUT2D eigenvalue weighted by Crippen LogP contribution is 2.49. The number of phosphoric ester groups is 3. The fourth-order valence-corrected chi connectivity index (χ4v) is 15.2. The molecule has 0 aromatic rings. The summed E-state index contributed by atoms with van der Waals surface area (Å²) in [5.74, 6) is -12.5. The molecule has 0 aliphatic carbocycles. The lowest BCUT2D eigenvalue weighted by molar-refractivity contribution is -0.408. The standard InChI is InChI=1S/C55H97N2O55P3/c56-21-26(72)25(71)19(99-47(21)112-115(92,93)94)9-96-46-22(57)27(73)41(110-113(86,87)88)20(100-46)10-97-54(52(82)83)2-17(107-55(53(84)85)1-11(63)23(69)38(108-55)13(65)4-59)42(40(109-54)15(67)6-61)104-51-35(81)44(45(111-114(89,90)91)39(103-51)14(66)5-60)106-50-34(80)43(105-49-32(78)28(74)24(70)18(7-62)98-49)33(79)37(102-50)16(68)8-95-48-31(77)29(75)30(76)36(101-48)12(64)3-58/h11-51,58-81H,1-10,56-57H2,(H,82,83)(H,84,85)(H2,86,87,88)(H2,89,90,91)(H2,92,93,94)/t11-,12+,13-,14+,15-,16+,17-,18-,19-,20-,21-,22-,23-,24-,25-,26-,27-,28+,29+,30+,31+,32-,33-,34+,35+,36-,37-,38-,39-,40-,41-,42-,43+,44-,45-,46-,47-,48+,49-,50-,51-,54-,55-/m1/s1. The van der Waals surface area contributed by atoms with Crippen molar-refractivity contribution in [2.75, 3.05) is 52.9 Å². The second kappa shape index (κ2) is 40.1. The molecular formula is C55H97N2O55P3. The molecule has 8 fully saturated rings. The molecule has 672 valence electrons. The van der Waals surface area contributed by atoms with Crippen LogP contribution < -0.4 is 11.5 Å². The maximum Gasteiger partial charge on any atom is 0.471 e. The van der Waals surface area contributed by atoms with E-state index in [0.29, 0.717) is 0 Å². The van der Waals surface area contributed by atoms with Gasteiger partial charge in [0.25, 0.3) is 11.6 Å². The van der Waals surface area contributed by atoms with Crippen LogP contribution in [0.25, 0.3) is 0 Å². The van der Waals surface area contributed by atoms with Crippen LogP contribution in [0.3, 0.4) is 0 Å². The Hall–Kier alpha value is -2.37. The Morgan fingerprint density at radius 2 is 0.826 bits per heavy atom. The summed E-state index contributed by atoms with van der Waals surface area (Å²) in [5, 5.41) is 285. The molecule has 57 nitrogen and oxygen atoms in total. The fourth-order valence-electron chi connectivity index (χ4n) is 13.6. The highest BCUT2D eigenvalue weighted by molar-refractivity contribution is 7.46. The largest absolute Gasteiger partial charge is 0.477 e. The Bertz CT molecular complexity index is 3250. The molecule has 8 saturated heterocycles. The van der Waals surface area contributed by atoms with Crippen LogP contribution in [0.15, 0.2) is 0 Å². The molecule has 0 amide bonds. The maximum atomic E-state index is 14.1. The van der Waals surface area contributed by atoms with Gasteiger partial charge in [-0.25, -0.2) is 23.3 Å². The highest BCUT2D eigenvalue weighted by Gasteiger charge is 2.65. The summed E-state index contributed by atoms with van der Waals surface area (Å²) in [6, 6.07) is -3.97. The number of rotatable bonds is 35. The summed E-state index contributed by atoms with van der Waals surface area (Å²) in [6.07, 6.45) is -100. The van der Waals surface area contributed by atoms with Gasteiger partial charge in [-0.1, -0.05) is 0 Å². The first kappa shape index (κ1) is 98.1. The van der Waals surface area contributed by atoms with E-state index < -0.39 is 364 Å². The van der Waals surface area contributed by atoms with E-state index in [9.17, 15) is 185 Å². The summed E-state index contributed by atoms with van der Waals surface area (Å²) >= 11 is 0. The zero-order valence-corrected chi connectivity index (χ0v) is 61.6. The fraction of sp³-hybridized carbons (Fsp3) is 0.964. The van der Waals surface area contributed by atoms with Gasteiger partial charge in [-0.2, -0.15) is 0 Å². The van der Waals surface area contributed by atoms with E-state index in [1.165, 1.54) is 0 Å². The summed E-state index contributed by atoms with van der Waals surface area (Å²) in [7, 11) is -17.7. The number of hydrogen-bond donors (Lipinski definition) is 34. The number of aliphatic hydroxyl groups excluding tert-OH is 24.